The van der Waals surface area contributed by atoms with E-state index in [9.17, 15) is 10.2 Å². The quantitative estimate of drug-likeness (QED) is 0.892. The van der Waals surface area contributed by atoms with E-state index in [1.54, 1.807) is 42.5 Å². The lowest BCUT2D eigenvalue weighted by Crippen LogP contribution is -2.09. The molecule has 94 valence electrons. The summed E-state index contributed by atoms with van der Waals surface area (Å²) in [7, 11) is 0. The SMILES string of the molecule is Oc1cccc(OCC(O)c2cccc(Cl)c2)c1. The van der Waals surface area contributed by atoms with Crippen molar-refractivity contribution in [1.82, 2.24) is 0 Å². The number of aromatic hydroxyl groups is 1. The number of phenolic OH excluding ortho intramolecular Hbond substituents is 1. The summed E-state index contributed by atoms with van der Waals surface area (Å²) in [6, 6.07) is 13.4. The van der Waals surface area contributed by atoms with E-state index in [1.807, 2.05) is 0 Å². The van der Waals surface area contributed by atoms with Crippen LogP contribution in [0.25, 0.3) is 0 Å². The third kappa shape index (κ3) is 3.39. The van der Waals surface area contributed by atoms with Gasteiger partial charge in [-0.15, -0.1) is 0 Å². The van der Waals surface area contributed by atoms with Gasteiger partial charge in [-0.1, -0.05) is 29.8 Å². The molecule has 0 bridgehead atoms. The Morgan fingerprint density at radius 3 is 2.61 bits per heavy atom. The number of aliphatic hydroxyl groups is 1. The molecular formula is C14H13ClO3. The van der Waals surface area contributed by atoms with E-state index in [0.29, 0.717) is 16.3 Å². The van der Waals surface area contributed by atoms with Crippen molar-refractivity contribution in [2.24, 2.45) is 0 Å². The van der Waals surface area contributed by atoms with E-state index in [-0.39, 0.29) is 12.4 Å². The molecule has 0 saturated heterocycles. The van der Waals surface area contributed by atoms with Gasteiger partial charge >= 0.3 is 0 Å². The lowest BCUT2D eigenvalue weighted by Gasteiger charge is -2.13. The first-order valence-corrected chi connectivity index (χ1v) is 5.88. The molecule has 1 atom stereocenters. The van der Waals surface area contributed by atoms with Crippen LogP contribution in [0.4, 0.5) is 0 Å². The predicted molar refractivity (Wildman–Crippen MR) is 70.0 cm³/mol. The molecule has 1 unspecified atom stereocenters. The second-order valence-corrected chi connectivity index (χ2v) is 4.32. The number of halogens is 1. The van der Waals surface area contributed by atoms with Crippen LogP contribution in [0.1, 0.15) is 11.7 Å². The molecule has 0 heterocycles. The lowest BCUT2D eigenvalue weighted by molar-refractivity contribution is 0.108. The molecular weight excluding hydrogens is 252 g/mol. The molecule has 0 aliphatic rings. The third-order valence-electron chi connectivity index (χ3n) is 2.46. The van der Waals surface area contributed by atoms with Crippen LogP contribution in [0.5, 0.6) is 11.5 Å². The predicted octanol–water partition coefficient (Wildman–Crippen LogP) is 3.16. The van der Waals surface area contributed by atoms with Crippen molar-refractivity contribution in [3.8, 4) is 11.5 Å². The molecule has 4 heteroatoms. The van der Waals surface area contributed by atoms with Crippen LogP contribution in [0.2, 0.25) is 5.02 Å². The summed E-state index contributed by atoms with van der Waals surface area (Å²) < 4.78 is 5.39. The molecule has 2 aromatic carbocycles. The van der Waals surface area contributed by atoms with Gasteiger partial charge in [-0.2, -0.15) is 0 Å². The number of hydrogen-bond donors (Lipinski definition) is 2. The maximum atomic E-state index is 9.93. The topological polar surface area (TPSA) is 49.7 Å². The molecule has 2 aromatic rings. The molecule has 0 radical (unpaired) electrons. The minimum atomic E-state index is -0.758. The Labute approximate surface area is 110 Å². The van der Waals surface area contributed by atoms with Crippen LogP contribution in [0.3, 0.4) is 0 Å². The van der Waals surface area contributed by atoms with Gasteiger partial charge in [0.25, 0.3) is 0 Å². The highest BCUT2D eigenvalue weighted by Gasteiger charge is 2.09. The molecule has 0 spiro atoms. The van der Waals surface area contributed by atoms with E-state index >= 15 is 0 Å². The van der Waals surface area contributed by atoms with Gasteiger partial charge in [0, 0.05) is 11.1 Å². The third-order valence-corrected chi connectivity index (χ3v) is 2.69. The molecule has 0 aromatic heterocycles. The number of benzene rings is 2. The minimum absolute atomic E-state index is 0.101. The monoisotopic (exact) mass is 264 g/mol. The van der Waals surface area contributed by atoms with Gasteiger partial charge in [-0.25, -0.2) is 0 Å². The van der Waals surface area contributed by atoms with Gasteiger partial charge in [0.2, 0.25) is 0 Å². The van der Waals surface area contributed by atoms with Gasteiger partial charge in [-0.3, -0.25) is 0 Å². The van der Waals surface area contributed by atoms with Crippen LogP contribution in [-0.4, -0.2) is 16.8 Å². The van der Waals surface area contributed by atoms with Crippen molar-refractivity contribution >= 4 is 11.6 Å². The number of aliphatic hydroxyl groups excluding tert-OH is 1. The Kier molecular flexibility index (Phi) is 4.07. The van der Waals surface area contributed by atoms with Crippen LogP contribution in [0.15, 0.2) is 48.5 Å². The summed E-state index contributed by atoms with van der Waals surface area (Å²) in [5.41, 5.74) is 0.697. The molecule has 0 saturated carbocycles. The van der Waals surface area contributed by atoms with Crippen LogP contribution in [0, 0.1) is 0 Å². The van der Waals surface area contributed by atoms with Crippen molar-refractivity contribution in [2.75, 3.05) is 6.61 Å². The van der Waals surface area contributed by atoms with E-state index in [4.69, 9.17) is 16.3 Å². The summed E-state index contributed by atoms with van der Waals surface area (Å²) in [4.78, 5) is 0. The first-order valence-electron chi connectivity index (χ1n) is 5.50. The maximum absolute atomic E-state index is 9.93. The van der Waals surface area contributed by atoms with E-state index in [0.717, 1.165) is 0 Å². The Morgan fingerprint density at radius 2 is 1.89 bits per heavy atom. The standard InChI is InChI=1S/C14H13ClO3/c15-11-4-1-3-10(7-11)14(17)9-18-13-6-2-5-12(16)8-13/h1-8,14,16-17H,9H2. The zero-order chi connectivity index (χ0) is 13.0. The number of rotatable bonds is 4. The first kappa shape index (κ1) is 12.7. The number of ether oxygens (including phenoxy) is 1. The second-order valence-electron chi connectivity index (χ2n) is 3.88. The zero-order valence-corrected chi connectivity index (χ0v) is 10.3. The highest BCUT2D eigenvalue weighted by molar-refractivity contribution is 6.30. The normalized spacial score (nSPS) is 12.1. The van der Waals surface area contributed by atoms with E-state index in [1.165, 1.54) is 6.07 Å². The Balaban J connectivity index is 1.98. The lowest BCUT2D eigenvalue weighted by atomic mass is 10.1. The van der Waals surface area contributed by atoms with Crippen LogP contribution < -0.4 is 4.74 Å². The minimum Gasteiger partial charge on any atom is -0.508 e. The summed E-state index contributed by atoms with van der Waals surface area (Å²) in [6.07, 6.45) is -0.758. The molecule has 2 rings (SSSR count). The van der Waals surface area contributed by atoms with Crippen molar-refractivity contribution < 1.29 is 14.9 Å². The number of phenols is 1. The maximum Gasteiger partial charge on any atom is 0.123 e. The fourth-order valence-electron chi connectivity index (χ4n) is 1.56. The molecule has 0 fully saturated rings. The highest BCUT2D eigenvalue weighted by atomic mass is 35.5. The summed E-state index contributed by atoms with van der Waals surface area (Å²) in [5, 5.41) is 19.8. The Bertz CT molecular complexity index is 528. The molecule has 0 aliphatic heterocycles. The van der Waals surface area contributed by atoms with Crippen molar-refractivity contribution in [2.45, 2.75) is 6.10 Å². The van der Waals surface area contributed by atoms with Crippen molar-refractivity contribution in [3.05, 3.63) is 59.1 Å². The average molecular weight is 265 g/mol. The molecule has 2 N–H and O–H groups in total. The smallest absolute Gasteiger partial charge is 0.123 e. The van der Waals surface area contributed by atoms with Gasteiger partial charge in [-0.05, 0) is 29.8 Å². The van der Waals surface area contributed by atoms with Gasteiger partial charge in [0.1, 0.15) is 24.2 Å². The van der Waals surface area contributed by atoms with Crippen LogP contribution in [-0.2, 0) is 0 Å². The summed E-state index contributed by atoms with van der Waals surface area (Å²) >= 11 is 5.84. The van der Waals surface area contributed by atoms with E-state index in [2.05, 4.69) is 0 Å². The van der Waals surface area contributed by atoms with Gasteiger partial charge < -0.3 is 14.9 Å². The zero-order valence-electron chi connectivity index (χ0n) is 9.58. The number of hydrogen-bond acceptors (Lipinski definition) is 3. The van der Waals surface area contributed by atoms with Gasteiger partial charge in [0.05, 0.1) is 0 Å². The van der Waals surface area contributed by atoms with Crippen molar-refractivity contribution in [3.63, 3.8) is 0 Å². The second kappa shape index (κ2) is 5.76. The average Bonchev–Trinajstić information content (AvgIpc) is 2.36. The molecule has 0 amide bonds. The molecule has 18 heavy (non-hydrogen) atoms. The fraction of sp³-hybridized carbons (Fsp3) is 0.143. The largest absolute Gasteiger partial charge is 0.508 e. The van der Waals surface area contributed by atoms with Crippen molar-refractivity contribution in [1.29, 1.82) is 0 Å². The first-order chi connectivity index (χ1) is 8.65. The van der Waals surface area contributed by atoms with Gasteiger partial charge in [0.15, 0.2) is 0 Å². The Morgan fingerprint density at radius 1 is 1.11 bits per heavy atom. The summed E-state index contributed by atoms with van der Waals surface area (Å²) in [6.45, 7) is 0.101. The fourth-order valence-corrected chi connectivity index (χ4v) is 1.76. The highest BCUT2D eigenvalue weighted by Crippen LogP contribution is 2.21. The Hall–Kier alpha value is -1.71. The summed E-state index contributed by atoms with van der Waals surface area (Å²) in [5.74, 6) is 0.640. The molecule has 3 nitrogen and oxygen atoms in total. The van der Waals surface area contributed by atoms with Crippen LogP contribution >= 0.6 is 11.6 Å². The van der Waals surface area contributed by atoms with E-state index < -0.39 is 6.10 Å². The molecule has 0 aliphatic carbocycles.